The van der Waals surface area contributed by atoms with Crippen LogP contribution in [0.5, 0.6) is 0 Å². The third-order valence-corrected chi connectivity index (χ3v) is 2.58. The molecule has 1 aromatic rings. The predicted octanol–water partition coefficient (Wildman–Crippen LogP) is 1.96. The van der Waals surface area contributed by atoms with Gasteiger partial charge in [-0.1, -0.05) is 0 Å². The first-order chi connectivity index (χ1) is 9.39. The second kappa shape index (κ2) is 6.83. The number of nitrogens with one attached hydrogen (secondary N) is 1. The largest absolute Gasteiger partial charge is 0.328 e. The van der Waals surface area contributed by atoms with Crippen LogP contribution >= 0.6 is 0 Å². The number of halogens is 1. The van der Waals surface area contributed by atoms with E-state index < -0.39 is 5.82 Å². The Kier molecular flexibility index (Phi) is 5.42. The van der Waals surface area contributed by atoms with Crippen molar-refractivity contribution in [2.24, 2.45) is 0 Å². The average Bonchev–Trinajstić information content (AvgIpc) is 2.36. The van der Waals surface area contributed by atoms with Crippen LogP contribution < -0.4 is 10.2 Å². The van der Waals surface area contributed by atoms with Gasteiger partial charge in [-0.2, -0.15) is 10.5 Å². The maximum absolute atomic E-state index is 14.4. The maximum atomic E-state index is 14.4. The zero-order valence-electron chi connectivity index (χ0n) is 11.9. The van der Waals surface area contributed by atoms with Gasteiger partial charge in [0.25, 0.3) is 0 Å². The van der Waals surface area contributed by atoms with E-state index in [1.807, 2.05) is 32.9 Å². The first-order valence-corrected chi connectivity index (χ1v) is 6.26. The summed E-state index contributed by atoms with van der Waals surface area (Å²) in [6, 6.07) is 5.40. The van der Waals surface area contributed by atoms with E-state index in [9.17, 15) is 4.39 Å². The lowest BCUT2D eigenvalue weighted by Crippen LogP contribution is -2.35. The number of hydrogen-bond acceptors (Lipinski definition) is 5. The van der Waals surface area contributed by atoms with Crippen molar-refractivity contribution in [1.82, 2.24) is 10.3 Å². The lowest BCUT2D eigenvalue weighted by molar-refractivity contribution is 0.418. The summed E-state index contributed by atoms with van der Waals surface area (Å²) in [4.78, 5) is 5.26. The zero-order chi connectivity index (χ0) is 15.2. The summed E-state index contributed by atoms with van der Waals surface area (Å²) >= 11 is 0. The van der Waals surface area contributed by atoms with E-state index in [0.29, 0.717) is 12.1 Å². The van der Waals surface area contributed by atoms with Crippen molar-refractivity contribution in [1.29, 1.82) is 10.5 Å². The van der Waals surface area contributed by atoms with Gasteiger partial charge < -0.3 is 10.2 Å². The smallest absolute Gasteiger partial charge is 0.170 e. The molecule has 106 valence electrons. The molecule has 0 aromatic carbocycles. The molecule has 0 radical (unpaired) electrons. The molecule has 0 saturated heterocycles. The van der Waals surface area contributed by atoms with Crippen molar-refractivity contribution >= 4 is 5.82 Å². The van der Waals surface area contributed by atoms with Crippen LogP contribution in [0.4, 0.5) is 10.2 Å². The summed E-state index contributed by atoms with van der Waals surface area (Å²) in [7, 11) is 0. The fraction of sp³-hybridized carbons (Fsp3) is 0.500. The third kappa shape index (κ3) is 4.49. The third-order valence-electron chi connectivity index (χ3n) is 2.58. The summed E-state index contributed by atoms with van der Waals surface area (Å²) in [6.07, 6.45) is 1.49. The summed E-state index contributed by atoms with van der Waals surface area (Å²) < 4.78 is 14.4. The minimum atomic E-state index is -0.491. The van der Waals surface area contributed by atoms with Crippen LogP contribution in [-0.2, 0) is 6.54 Å². The first-order valence-electron chi connectivity index (χ1n) is 6.26. The molecule has 0 unspecified atom stereocenters. The maximum Gasteiger partial charge on any atom is 0.170 e. The summed E-state index contributed by atoms with van der Waals surface area (Å²) in [6.45, 7) is 6.18. The van der Waals surface area contributed by atoms with Gasteiger partial charge in [-0.15, -0.1) is 0 Å². The van der Waals surface area contributed by atoms with Gasteiger partial charge >= 0.3 is 0 Å². The van der Waals surface area contributed by atoms with Crippen molar-refractivity contribution in [2.45, 2.75) is 32.9 Å². The van der Waals surface area contributed by atoms with Gasteiger partial charge in [-0.05, 0) is 26.8 Å². The molecule has 0 aliphatic carbocycles. The fourth-order valence-corrected chi connectivity index (χ4v) is 1.57. The summed E-state index contributed by atoms with van der Waals surface area (Å²) in [5, 5.41) is 20.7. The Bertz CT molecular complexity index is 520. The molecule has 20 heavy (non-hydrogen) atoms. The number of nitriles is 2. The van der Waals surface area contributed by atoms with Crippen molar-refractivity contribution in [3.63, 3.8) is 0 Å². The van der Waals surface area contributed by atoms with Crippen LogP contribution in [0.1, 0.15) is 26.3 Å². The molecule has 5 nitrogen and oxygen atoms in total. The Morgan fingerprint density at radius 2 is 1.90 bits per heavy atom. The number of nitrogens with zero attached hydrogens (tertiary/aromatic N) is 4. The van der Waals surface area contributed by atoms with Gasteiger partial charge in [0.05, 0.1) is 12.1 Å². The van der Waals surface area contributed by atoms with Crippen LogP contribution in [0.2, 0.25) is 0 Å². The second-order valence-electron chi connectivity index (χ2n) is 5.38. The molecule has 1 heterocycles. The normalized spacial score (nSPS) is 10.7. The molecular formula is C14H18FN5. The van der Waals surface area contributed by atoms with E-state index in [1.54, 1.807) is 6.07 Å². The number of rotatable bonds is 5. The van der Waals surface area contributed by atoms with Crippen LogP contribution in [0, 0.1) is 28.5 Å². The quantitative estimate of drug-likeness (QED) is 0.831. The Hall–Kier alpha value is -2.18. The zero-order valence-corrected chi connectivity index (χ0v) is 11.9. The molecular weight excluding hydrogens is 257 g/mol. The minimum absolute atomic E-state index is 0.0429. The highest BCUT2D eigenvalue weighted by molar-refractivity contribution is 5.45. The standard InChI is InChI=1S/C14H18FN5/c1-14(2,3)19-10-11-4-7-18-13(12(11)15)20(8-5-16)9-6-17/h4,7,19H,8-10H2,1-3H3. The van der Waals surface area contributed by atoms with Crippen molar-refractivity contribution < 1.29 is 4.39 Å². The lowest BCUT2D eigenvalue weighted by atomic mass is 10.1. The van der Waals surface area contributed by atoms with E-state index in [0.717, 1.165) is 0 Å². The van der Waals surface area contributed by atoms with Crippen molar-refractivity contribution in [3.8, 4) is 12.1 Å². The number of pyridine rings is 1. The number of hydrogen-bond donors (Lipinski definition) is 1. The molecule has 0 aliphatic heterocycles. The Morgan fingerprint density at radius 1 is 1.30 bits per heavy atom. The van der Waals surface area contributed by atoms with Crippen molar-refractivity contribution in [3.05, 3.63) is 23.6 Å². The molecule has 0 aliphatic rings. The first kappa shape index (κ1) is 15.9. The van der Waals surface area contributed by atoms with Gasteiger partial charge in [0.1, 0.15) is 13.1 Å². The molecule has 1 N–H and O–H groups in total. The van der Waals surface area contributed by atoms with E-state index in [-0.39, 0.29) is 24.4 Å². The highest BCUT2D eigenvalue weighted by atomic mass is 19.1. The van der Waals surface area contributed by atoms with Gasteiger partial charge in [0.15, 0.2) is 11.6 Å². The molecule has 0 saturated carbocycles. The predicted molar refractivity (Wildman–Crippen MR) is 74.2 cm³/mol. The molecule has 0 amide bonds. The molecule has 1 aromatic heterocycles. The highest BCUT2D eigenvalue weighted by Gasteiger charge is 2.17. The fourth-order valence-electron chi connectivity index (χ4n) is 1.57. The molecule has 6 heteroatoms. The topological polar surface area (TPSA) is 75.7 Å². The Labute approximate surface area is 118 Å². The SMILES string of the molecule is CC(C)(C)NCc1ccnc(N(CC#N)CC#N)c1F. The van der Waals surface area contributed by atoms with Gasteiger partial charge in [-0.25, -0.2) is 9.37 Å². The number of aromatic nitrogens is 1. The van der Waals surface area contributed by atoms with E-state index in [2.05, 4.69) is 10.3 Å². The summed E-state index contributed by atoms with van der Waals surface area (Å²) in [5.74, 6) is -0.448. The summed E-state index contributed by atoms with van der Waals surface area (Å²) in [5.41, 5.74) is 0.334. The van der Waals surface area contributed by atoms with Gasteiger partial charge in [-0.3, -0.25) is 0 Å². The molecule has 0 spiro atoms. The van der Waals surface area contributed by atoms with E-state index in [1.165, 1.54) is 11.1 Å². The van der Waals surface area contributed by atoms with E-state index >= 15 is 0 Å². The van der Waals surface area contributed by atoms with Crippen LogP contribution in [0.25, 0.3) is 0 Å². The van der Waals surface area contributed by atoms with Crippen LogP contribution in [0.3, 0.4) is 0 Å². The van der Waals surface area contributed by atoms with Gasteiger partial charge in [0.2, 0.25) is 0 Å². The number of anilines is 1. The average molecular weight is 275 g/mol. The molecule has 0 atom stereocenters. The van der Waals surface area contributed by atoms with Gasteiger partial charge in [0, 0.05) is 23.8 Å². The Morgan fingerprint density at radius 3 is 2.40 bits per heavy atom. The lowest BCUT2D eigenvalue weighted by Gasteiger charge is -2.22. The van der Waals surface area contributed by atoms with E-state index in [4.69, 9.17) is 10.5 Å². The molecule has 1 rings (SSSR count). The molecule has 0 fully saturated rings. The Balaban J connectivity index is 2.99. The van der Waals surface area contributed by atoms with Crippen LogP contribution in [0.15, 0.2) is 12.3 Å². The molecule has 0 bridgehead atoms. The second-order valence-corrected chi connectivity index (χ2v) is 5.38. The van der Waals surface area contributed by atoms with Crippen LogP contribution in [-0.4, -0.2) is 23.6 Å². The van der Waals surface area contributed by atoms with Crippen molar-refractivity contribution in [2.75, 3.05) is 18.0 Å². The minimum Gasteiger partial charge on any atom is -0.328 e. The highest BCUT2D eigenvalue weighted by Crippen LogP contribution is 2.19. The monoisotopic (exact) mass is 275 g/mol.